The van der Waals surface area contributed by atoms with E-state index in [0.29, 0.717) is 30.4 Å². The summed E-state index contributed by atoms with van der Waals surface area (Å²) in [7, 11) is 1.46. The third kappa shape index (κ3) is 3.81. The summed E-state index contributed by atoms with van der Waals surface area (Å²) in [5.74, 6) is 1.69. The number of amides is 4. The Morgan fingerprint density at radius 1 is 1.03 bits per heavy atom. The Labute approximate surface area is 193 Å². The van der Waals surface area contributed by atoms with E-state index in [4.69, 9.17) is 4.98 Å². The van der Waals surface area contributed by atoms with Crippen molar-refractivity contribution >= 4 is 29.5 Å². The van der Waals surface area contributed by atoms with E-state index in [-0.39, 0.29) is 11.8 Å². The quantitative estimate of drug-likeness (QED) is 0.668. The molecule has 4 heterocycles. The number of hydrogen-bond acceptors (Lipinski definition) is 6. The monoisotopic (exact) mass is 448 g/mol. The topological polar surface area (TPSA) is 90.0 Å². The Morgan fingerprint density at radius 3 is 2.30 bits per heavy atom. The molecule has 4 amide bonds. The molecule has 2 saturated heterocycles. The van der Waals surface area contributed by atoms with E-state index in [1.165, 1.54) is 42.1 Å². The van der Waals surface area contributed by atoms with Crippen molar-refractivity contribution in [2.45, 2.75) is 38.6 Å². The predicted molar refractivity (Wildman–Crippen MR) is 123 cm³/mol. The predicted octanol–water partition coefficient (Wildman–Crippen LogP) is 2.41. The van der Waals surface area contributed by atoms with Crippen molar-refractivity contribution in [3.63, 3.8) is 0 Å². The minimum atomic E-state index is -0.611. The third-order valence-corrected chi connectivity index (χ3v) is 6.80. The molecule has 33 heavy (non-hydrogen) atoms. The second-order valence-corrected chi connectivity index (χ2v) is 9.09. The van der Waals surface area contributed by atoms with Gasteiger partial charge in [0.15, 0.2) is 0 Å². The average Bonchev–Trinajstić information content (AvgIpc) is 3.66. The SMILES string of the molecule is Cc1cc(C2CC2)cnc1N1CCN(C(=O)c2ccc(N3C(=O)N(C)C(=O)C3C)nc2)CC1. The van der Waals surface area contributed by atoms with Crippen molar-refractivity contribution in [2.75, 3.05) is 43.0 Å². The van der Waals surface area contributed by atoms with E-state index in [9.17, 15) is 14.4 Å². The number of aryl methyl sites for hydroxylation is 1. The van der Waals surface area contributed by atoms with Crippen LogP contribution in [0.3, 0.4) is 0 Å². The maximum atomic E-state index is 13.0. The first-order valence-corrected chi connectivity index (χ1v) is 11.4. The molecule has 1 unspecified atom stereocenters. The lowest BCUT2D eigenvalue weighted by molar-refractivity contribution is -0.125. The smallest absolute Gasteiger partial charge is 0.332 e. The highest BCUT2D eigenvalue weighted by atomic mass is 16.2. The number of nitrogens with zero attached hydrogens (tertiary/aromatic N) is 6. The fourth-order valence-corrected chi connectivity index (χ4v) is 4.63. The highest BCUT2D eigenvalue weighted by molar-refractivity contribution is 6.13. The van der Waals surface area contributed by atoms with Gasteiger partial charge in [-0.15, -0.1) is 0 Å². The zero-order valence-corrected chi connectivity index (χ0v) is 19.2. The number of likely N-dealkylation sites (N-methyl/N-ethyl adjacent to an activating group) is 1. The molecule has 2 aromatic heterocycles. The summed E-state index contributed by atoms with van der Waals surface area (Å²) in [6.45, 7) is 6.43. The van der Waals surface area contributed by atoms with Crippen molar-refractivity contribution in [2.24, 2.45) is 0 Å². The number of imide groups is 1. The highest BCUT2D eigenvalue weighted by Crippen LogP contribution is 2.40. The Balaban J connectivity index is 1.22. The van der Waals surface area contributed by atoms with E-state index in [0.717, 1.165) is 23.8 Å². The Morgan fingerprint density at radius 2 is 1.76 bits per heavy atom. The van der Waals surface area contributed by atoms with Crippen LogP contribution >= 0.6 is 0 Å². The van der Waals surface area contributed by atoms with Gasteiger partial charge in [-0.05, 0) is 55.9 Å². The lowest BCUT2D eigenvalue weighted by atomic mass is 10.1. The summed E-state index contributed by atoms with van der Waals surface area (Å²) in [4.78, 5) is 52.9. The highest BCUT2D eigenvalue weighted by Gasteiger charge is 2.41. The molecular weight excluding hydrogens is 420 g/mol. The molecule has 3 aliphatic rings. The molecule has 1 saturated carbocycles. The van der Waals surface area contributed by atoms with Gasteiger partial charge < -0.3 is 9.80 Å². The normalized spacial score (nSPS) is 21.2. The van der Waals surface area contributed by atoms with Crippen LogP contribution < -0.4 is 9.80 Å². The van der Waals surface area contributed by atoms with E-state index in [1.807, 2.05) is 11.1 Å². The molecule has 0 spiro atoms. The minimum absolute atomic E-state index is 0.0866. The Bertz CT molecular complexity index is 1110. The van der Waals surface area contributed by atoms with E-state index < -0.39 is 12.1 Å². The van der Waals surface area contributed by atoms with Crippen molar-refractivity contribution in [1.82, 2.24) is 19.8 Å². The van der Waals surface area contributed by atoms with Gasteiger partial charge in [0.25, 0.3) is 11.8 Å². The molecular formula is C24H28N6O3. The first-order valence-electron chi connectivity index (χ1n) is 11.4. The lowest BCUT2D eigenvalue weighted by Gasteiger charge is -2.36. The number of carbonyl (C=O) groups is 3. The van der Waals surface area contributed by atoms with E-state index in [2.05, 4.69) is 22.9 Å². The van der Waals surface area contributed by atoms with Crippen LogP contribution in [0, 0.1) is 6.92 Å². The molecule has 5 rings (SSSR count). The number of hydrogen-bond donors (Lipinski definition) is 0. The van der Waals surface area contributed by atoms with Gasteiger partial charge in [0, 0.05) is 45.6 Å². The lowest BCUT2D eigenvalue weighted by Crippen LogP contribution is -2.49. The zero-order chi connectivity index (χ0) is 23.3. The summed E-state index contributed by atoms with van der Waals surface area (Å²) >= 11 is 0. The third-order valence-electron chi connectivity index (χ3n) is 6.80. The largest absolute Gasteiger partial charge is 0.353 e. The van der Waals surface area contributed by atoms with Gasteiger partial charge in [-0.1, -0.05) is 6.07 Å². The minimum Gasteiger partial charge on any atom is -0.353 e. The van der Waals surface area contributed by atoms with Crippen molar-refractivity contribution in [3.05, 3.63) is 47.3 Å². The van der Waals surface area contributed by atoms with Gasteiger partial charge in [0.1, 0.15) is 17.7 Å². The maximum Gasteiger partial charge on any atom is 0.332 e. The molecule has 3 fully saturated rings. The van der Waals surface area contributed by atoms with Crippen molar-refractivity contribution < 1.29 is 14.4 Å². The van der Waals surface area contributed by atoms with Gasteiger partial charge in [0.05, 0.1) is 5.56 Å². The molecule has 2 aromatic rings. The fourth-order valence-electron chi connectivity index (χ4n) is 4.63. The molecule has 9 heteroatoms. The molecule has 0 radical (unpaired) electrons. The van der Waals surface area contributed by atoms with Crippen LogP contribution in [0.2, 0.25) is 0 Å². The number of aromatic nitrogens is 2. The number of piperazine rings is 1. The number of anilines is 2. The summed E-state index contributed by atoms with van der Waals surface area (Å²) < 4.78 is 0. The molecule has 0 aromatic carbocycles. The first-order chi connectivity index (χ1) is 15.8. The second kappa shape index (κ2) is 8.13. The summed E-state index contributed by atoms with van der Waals surface area (Å²) in [5, 5.41) is 0. The number of rotatable bonds is 4. The van der Waals surface area contributed by atoms with E-state index in [1.54, 1.807) is 19.1 Å². The van der Waals surface area contributed by atoms with Crippen molar-refractivity contribution in [1.29, 1.82) is 0 Å². The van der Waals surface area contributed by atoms with Gasteiger partial charge in [0.2, 0.25) is 0 Å². The van der Waals surface area contributed by atoms with Crippen LogP contribution in [-0.2, 0) is 4.79 Å². The summed E-state index contributed by atoms with van der Waals surface area (Å²) in [6.07, 6.45) is 6.01. The molecule has 1 atom stereocenters. The van der Waals surface area contributed by atoms with Crippen LogP contribution in [-0.4, -0.2) is 76.9 Å². The average molecular weight is 449 g/mol. The second-order valence-electron chi connectivity index (χ2n) is 9.09. The standard InChI is InChI=1S/C24H28N6O3/c1-15-12-19(17-4-5-17)14-26-21(15)28-8-10-29(11-9-28)23(32)18-6-7-20(25-13-18)30-16(2)22(31)27(3)24(30)33/h6-7,12-14,16-17H,4-5,8-11H2,1-3H3. The Kier molecular flexibility index (Phi) is 5.26. The first kappa shape index (κ1) is 21.4. The van der Waals surface area contributed by atoms with Crippen LogP contribution in [0.15, 0.2) is 30.6 Å². The van der Waals surface area contributed by atoms with Crippen LogP contribution in [0.4, 0.5) is 16.4 Å². The number of urea groups is 1. The molecule has 9 nitrogen and oxygen atoms in total. The van der Waals surface area contributed by atoms with Crippen molar-refractivity contribution in [3.8, 4) is 0 Å². The maximum absolute atomic E-state index is 13.0. The fraction of sp³-hybridized carbons (Fsp3) is 0.458. The molecule has 0 N–H and O–H groups in total. The van der Waals surface area contributed by atoms with Gasteiger partial charge in [-0.2, -0.15) is 0 Å². The summed E-state index contributed by atoms with van der Waals surface area (Å²) in [5.41, 5.74) is 2.99. The van der Waals surface area contributed by atoms with Crippen LogP contribution in [0.1, 0.15) is 47.2 Å². The van der Waals surface area contributed by atoms with E-state index >= 15 is 0 Å². The molecule has 1 aliphatic carbocycles. The zero-order valence-electron chi connectivity index (χ0n) is 19.2. The van der Waals surface area contributed by atoms with Crippen LogP contribution in [0.5, 0.6) is 0 Å². The molecule has 2 aliphatic heterocycles. The van der Waals surface area contributed by atoms with Gasteiger partial charge >= 0.3 is 6.03 Å². The molecule has 172 valence electrons. The molecule has 0 bridgehead atoms. The van der Waals surface area contributed by atoms with Gasteiger partial charge in [-0.25, -0.2) is 14.8 Å². The number of pyridine rings is 2. The van der Waals surface area contributed by atoms with Gasteiger partial charge in [-0.3, -0.25) is 19.4 Å². The van der Waals surface area contributed by atoms with Crippen LogP contribution in [0.25, 0.3) is 0 Å². The Hall–Kier alpha value is -3.49. The number of carbonyl (C=O) groups excluding carboxylic acids is 3. The summed E-state index contributed by atoms with van der Waals surface area (Å²) in [6, 6.07) is 4.52.